The van der Waals surface area contributed by atoms with E-state index < -0.39 is 18.3 Å². The smallest absolute Gasteiger partial charge is 0.319 e. The van der Waals surface area contributed by atoms with Gasteiger partial charge in [-0.2, -0.15) is 0 Å². The molecule has 0 aliphatic carbocycles. The van der Waals surface area contributed by atoms with Crippen LogP contribution in [-0.2, 0) is 22.6 Å². The zero-order chi connectivity index (χ0) is 18.5. The molecule has 0 saturated carbocycles. The first-order chi connectivity index (χ1) is 12.5. The molecular weight excluding hydrogens is 334 g/mol. The molecule has 0 saturated heterocycles. The largest absolute Gasteiger partial charge is 0.481 e. The maximum absolute atomic E-state index is 12.1. The van der Waals surface area contributed by atoms with Crippen LogP contribution >= 0.6 is 0 Å². The van der Waals surface area contributed by atoms with Crippen LogP contribution in [0.5, 0.6) is 0 Å². The number of anilines is 2. The zero-order valence-electron chi connectivity index (χ0n) is 14.1. The van der Waals surface area contributed by atoms with Crippen LogP contribution in [0.1, 0.15) is 17.5 Å². The molecule has 3 rings (SSSR count). The zero-order valence-corrected chi connectivity index (χ0v) is 14.1. The summed E-state index contributed by atoms with van der Waals surface area (Å²) >= 11 is 0. The van der Waals surface area contributed by atoms with Crippen molar-refractivity contribution < 1.29 is 19.5 Å². The molecule has 0 radical (unpaired) electrons. The lowest BCUT2D eigenvalue weighted by atomic mass is 10.1. The summed E-state index contributed by atoms with van der Waals surface area (Å²) in [6, 6.07) is 14.5. The Bertz CT molecular complexity index is 836. The Morgan fingerprint density at radius 2 is 1.85 bits per heavy atom. The molecule has 7 nitrogen and oxygen atoms in total. The molecule has 7 heteroatoms. The van der Waals surface area contributed by atoms with Crippen LogP contribution in [0.4, 0.5) is 16.2 Å². The highest BCUT2D eigenvalue weighted by Gasteiger charge is 2.26. The molecule has 1 heterocycles. The first-order valence-corrected chi connectivity index (χ1v) is 8.27. The van der Waals surface area contributed by atoms with E-state index in [9.17, 15) is 14.4 Å². The number of carboxylic acids is 1. The van der Waals surface area contributed by atoms with E-state index in [4.69, 9.17) is 5.11 Å². The van der Waals surface area contributed by atoms with Gasteiger partial charge in [0.05, 0.1) is 0 Å². The topological polar surface area (TPSA) is 98.7 Å². The van der Waals surface area contributed by atoms with Gasteiger partial charge in [-0.3, -0.25) is 9.59 Å². The van der Waals surface area contributed by atoms with Gasteiger partial charge in [-0.05, 0) is 29.7 Å². The second-order valence-electron chi connectivity index (χ2n) is 6.00. The number of fused-ring (bicyclic) bond motifs is 1. The predicted octanol–water partition coefficient (Wildman–Crippen LogP) is 2.37. The van der Waals surface area contributed by atoms with Gasteiger partial charge in [0.15, 0.2) is 0 Å². The number of urea groups is 1. The molecule has 1 aliphatic heterocycles. The van der Waals surface area contributed by atoms with E-state index in [0.29, 0.717) is 30.9 Å². The summed E-state index contributed by atoms with van der Waals surface area (Å²) in [6.45, 7) is 0.853. The van der Waals surface area contributed by atoms with E-state index in [2.05, 4.69) is 10.6 Å². The number of aliphatic carboxylic acids is 1. The summed E-state index contributed by atoms with van der Waals surface area (Å²) < 4.78 is 0. The fraction of sp³-hybridized carbons (Fsp3) is 0.211. The van der Waals surface area contributed by atoms with Crippen LogP contribution in [0, 0.1) is 0 Å². The van der Waals surface area contributed by atoms with Crippen LogP contribution in [0.2, 0.25) is 0 Å². The maximum Gasteiger partial charge on any atom is 0.319 e. The van der Waals surface area contributed by atoms with Crippen molar-refractivity contribution in [2.45, 2.75) is 19.4 Å². The summed E-state index contributed by atoms with van der Waals surface area (Å²) in [4.78, 5) is 36.3. The Labute approximate surface area is 150 Å². The Morgan fingerprint density at radius 3 is 2.58 bits per heavy atom. The molecule has 2 aromatic carbocycles. The predicted molar refractivity (Wildman–Crippen MR) is 97.1 cm³/mol. The molecule has 1 aliphatic rings. The van der Waals surface area contributed by atoms with Gasteiger partial charge in [0, 0.05) is 24.5 Å². The van der Waals surface area contributed by atoms with Gasteiger partial charge in [0.2, 0.25) is 5.91 Å². The van der Waals surface area contributed by atoms with E-state index in [0.717, 1.165) is 11.1 Å². The van der Waals surface area contributed by atoms with Crippen LogP contribution in [0.25, 0.3) is 0 Å². The van der Waals surface area contributed by atoms with Crippen molar-refractivity contribution in [1.29, 1.82) is 0 Å². The summed E-state index contributed by atoms with van der Waals surface area (Å²) in [5.41, 5.74) is 3.14. The second kappa shape index (κ2) is 7.69. The number of nitrogens with one attached hydrogen (secondary N) is 2. The van der Waals surface area contributed by atoms with Crippen LogP contribution in [0.3, 0.4) is 0 Å². The van der Waals surface area contributed by atoms with Gasteiger partial charge in [-0.1, -0.05) is 36.4 Å². The molecule has 0 bridgehead atoms. The third-order valence-electron chi connectivity index (χ3n) is 4.14. The van der Waals surface area contributed by atoms with Crippen molar-refractivity contribution >= 4 is 29.3 Å². The van der Waals surface area contributed by atoms with Gasteiger partial charge in [0.25, 0.3) is 0 Å². The molecule has 0 atom stereocenters. The third-order valence-corrected chi connectivity index (χ3v) is 4.14. The molecule has 26 heavy (non-hydrogen) atoms. The average Bonchev–Trinajstić information content (AvgIpc) is 3.03. The van der Waals surface area contributed by atoms with Crippen LogP contribution < -0.4 is 15.5 Å². The molecule has 0 spiro atoms. The summed E-state index contributed by atoms with van der Waals surface area (Å²) in [5, 5.41) is 14.3. The minimum absolute atomic E-state index is 0.352. The lowest BCUT2D eigenvalue weighted by Gasteiger charge is -2.17. The molecule has 2 aromatic rings. The Kier molecular flexibility index (Phi) is 5.17. The first-order valence-electron chi connectivity index (χ1n) is 8.27. The number of hydrogen-bond acceptors (Lipinski definition) is 3. The van der Waals surface area contributed by atoms with Crippen molar-refractivity contribution in [3.63, 3.8) is 0 Å². The number of amides is 3. The van der Waals surface area contributed by atoms with Crippen molar-refractivity contribution in [2.24, 2.45) is 0 Å². The van der Waals surface area contributed by atoms with Gasteiger partial charge < -0.3 is 20.6 Å². The maximum atomic E-state index is 12.1. The second-order valence-corrected chi connectivity index (χ2v) is 6.00. The fourth-order valence-corrected chi connectivity index (χ4v) is 2.89. The summed E-state index contributed by atoms with van der Waals surface area (Å²) in [7, 11) is 0. The normalized spacial score (nSPS) is 12.4. The number of rotatable bonds is 5. The number of nitrogens with zero attached hydrogens (tertiary/aromatic N) is 1. The Hall–Kier alpha value is -3.35. The molecule has 0 fully saturated rings. The Morgan fingerprint density at radius 1 is 1.08 bits per heavy atom. The lowest BCUT2D eigenvalue weighted by Crippen LogP contribution is -2.31. The van der Waals surface area contributed by atoms with E-state index in [-0.39, 0.29) is 6.03 Å². The minimum Gasteiger partial charge on any atom is -0.481 e. The quantitative estimate of drug-likeness (QED) is 0.719. The highest BCUT2D eigenvalue weighted by atomic mass is 16.4. The Balaban J connectivity index is 1.64. The highest BCUT2D eigenvalue weighted by molar-refractivity contribution is 6.04. The number of carbonyl (C=O) groups excluding carboxylic acids is 2. The average molecular weight is 353 g/mol. The molecule has 3 N–H and O–H groups in total. The molecular formula is C19H19N3O4. The summed E-state index contributed by atoms with van der Waals surface area (Å²) in [6.07, 6.45) is 0.121. The standard InChI is InChI=1S/C19H19N3O4/c23-17(11-18(24)25)22-9-8-14-6-7-15(10-16(14)22)21-19(26)20-12-13-4-2-1-3-5-13/h1-7,10H,8-9,11-12H2,(H,24,25)(H2,20,21,26). The number of carbonyl (C=O) groups is 3. The van der Waals surface area contributed by atoms with Crippen molar-refractivity contribution in [3.8, 4) is 0 Å². The number of carboxylic acid groups (broad SMARTS) is 1. The number of hydrogen-bond donors (Lipinski definition) is 3. The molecule has 0 aromatic heterocycles. The van der Waals surface area contributed by atoms with Crippen molar-refractivity contribution in [1.82, 2.24) is 5.32 Å². The van der Waals surface area contributed by atoms with Crippen LogP contribution in [0.15, 0.2) is 48.5 Å². The first kappa shape index (κ1) is 17.5. The van der Waals surface area contributed by atoms with E-state index in [1.54, 1.807) is 12.1 Å². The molecule has 134 valence electrons. The van der Waals surface area contributed by atoms with Gasteiger partial charge in [-0.15, -0.1) is 0 Å². The highest BCUT2D eigenvalue weighted by Crippen LogP contribution is 2.31. The van der Waals surface area contributed by atoms with Crippen molar-refractivity contribution in [2.75, 3.05) is 16.8 Å². The van der Waals surface area contributed by atoms with E-state index in [1.807, 2.05) is 36.4 Å². The van der Waals surface area contributed by atoms with Gasteiger partial charge in [0.1, 0.15) is 6.42 Å². The monoisotopic (exact) mass is 353 g/mol. The minimum atomic E-state index is -1.15. The van der Waals surface area contributed by atoms with E-state index in [1.165, 1.54) is 4.90 Å². The third kappa shape index (κ3) is 4.18. The van der Waals surface area contributed by atoms with Gasteiger partial charge >= 0.3 is 12.0 Å². The summed E-state index contributed by atoms with van der Waals surface area (Å²) in [5.74, 6) is -1.61. The fourth-order valence-electron chi connectivity index (χ4n) is 2.89. The van der Waals surface area contributed by atoms with Crippen LogP contribution in [-0.4, -0.2) is 29.6 Å². The number of benzene rings is 2. The lowest BCUT2D eigenvalue weighted by molar-refractivity contribution is -0.140. The van der Waals surface area contributed by atoms with E-state index >= 15 is 0 Å². The van der Waals surface area contributed by atoms with Gasteiger partial charge in [-0.25, -0.2) is 4.79 Å². The SMILES string of the molecule is O=C(O)CC(=O)N1CCc2ccc(NC(=O)NCc3ccccc3)cc21. The van der Waals surface area contributed by atoms with Crippen molar-refractivity contribution in [3.05, 3.63) is 59.7 Å². The molecule has 0 unspecified atom stereocenters. The molecule has 3 amide bonds.